The molecule has 2 aromatic rings. The van der Waals surface area contributed by atoms with E-state index in [0.717, 1.165) is 31.6 Å². The molecular formula is C22H30N4O5S2. The molecule has 0 saturated carbocycles. The minimum atomic E-state index is -3.73. The fourth-order valence-electron chi connectivity index (χ4n) is 4.34. The van der Waals surface area contributed by atoms with Crippen molar-refractivity contribution in [2.45, 2.75) is 50.3 Å². The Balaban J connectivity index is 1.47. The standard InChI is InChI=1S/C22H30N4O5S2/c1-15-11-25(12-16(2)31-15)13-18-14-32-22(23-18)24-21(27)17-6-7-19(30-3)20(10-17)33(28,29)26-8-4-5-9-26/h6-7,10,14-16H,4-5,8-9,11-13H2,1-3H3,(H,23,24,27). The van der Waals surface area contributed by atoms with Crippen LogP contribution in [-0.4, -0.2) is 74.0 Å². The van der Waals surface area contributed by atoms with Crippen LogP contribution in [-0.2, 0) is 21.3 Å². The van der Waals surface area contributed by atoms with Crippen LogP contribution >= 0.6 is 11.3 Å². The highest BCUT2D eigenvalue weighted by Crippen LogP contribution is 2.30. The number of nitrogens with one attached hydrogen (secondary N) is 1. The van der Waals surface area contributed by atoms with Gasteiger partial charge >= 0.3 is 0 Å². The normalized spacial score (nSPS) is 22.4. The Bertz CT molecular complexity index is 1090. The molecular weight excluding hydrogens is 464 g/mol. The maximum Gasteiger partial charge on any atom is 0.257 e. The molecule has 9 nitrogen and oxygen atoms in total. The first kappa shape index (κ1) is 24.1. The highest BCUT2D eigenvalue weighted by Gasteiger charge is 2.31. The number of aromatic nitrogens is 1. The number of methoxy groups -OCH3 is 1. The topological polar surface area (TPSA) is 101 Å². The lowest BCUT2D eigenvalue weighted by atomic mass is 10.2. The summed E-state index contributed by atoms with van der Waals surface area (Å²) in [6.45, 7) is 7.43. The highest BCUT2D eigenvalue weighted by atomic mass is 32.2. The molecule has 1 aromatic heterocycles. The molecule has 0 bridgehead atoms. The molecule has 2 fully saturated rings. The van der Waals surface area contributed by atoms with E-state index in [1.54, 1.807) is 6.07 Å². The zero-order chi connectivity index (χ0) is 23.6. The summed E-state index contributed by atoms with van der Waals surface area (Å²) in [4.78, 5) is 19.7. The number of thiazole rings is 1. The second kappa shape index (κ2) is 10.1. The van der Waals surface area contributed by atoms with Crippen LogP contribution in [0.5, 0.6) is 5.75 Å². The Hall–Kier alpha value is -2.05. The van der Waals surface area contributed by atoms with Gasteiger partial charge in [0.1, 0.15) is 10.6 Å². The van der Waals surface area contributed by atoms with Gasteiger partial charge in [0, 0.05) is 43.7 Å². The van der Waals surface area contributed by atoms with Gasteiger partial charge in [0.05, 0.1) is 25.0 Å². The van der Waals surface area contributed by atoms with Crippen molar-refractivity contribution in [1.29, 1.82) is 0 Å². The van der Waals surface area contributed by atoms with Gasteiger partial charge in [-0.3, -0.25) is 15.0 Å². The fraction of sp³-hybridized carbons (Fsp3) is 0.545. The van der Waals surface area contributed by atoms with Crippen LogP contribution in [0, 0.1) is 0 Å². The highest BCUT2D eigenvalue weighted by molar-refractivity contribution is 7.89. The van der Waals surface area contributed by atoms with Crippen molar-refractivity contribution in [1.82, 2.24) is 14.2 Å². The first-order valence-corrected chi connectivity index (χ1v) is 13.4. The lowest BCUT2D eigenvalue weighted by Crippen LogP contribution is -2.44. The molecule has 33 heavy (non-hydrogen) atoms. The van der Waals surface area contributed by atoms with Crippen LogP contribution in [0.15, 0.2) is 28.5 Å². The summed E-state index contributed by atoms with van der Waals surface area (Å²) in [5.41, 5.74) is 1.12. The number of carbonyl (C=O) groups excluding carboxylic acids is 1. The van der Waals surface area contributed by atoms with Crippen LogP contribution in [0.2, 0.25) is 0 Å². The molecule has 3 heterocycles. The van der Waals surface area contributed by atoms with Gasteiger partial charge in [-0.25, -0.2) is 13.4 Å². The van der Waals surface area contributed by atoms with Gasteiger partial charge in [0.15, 0.2) is 5.13 Å². The van der Waals surface area contributed by atoms with Gasteiger partial charge in [-0.05, 0) is 44.9 Å². The molecule has 11 heteroatoms. The van der Waals surface area contributed by atoms with E-state index in [0.29, 0.717) is 24.8 Å². The van der Waals surface area contributed by atoms with E-state index in [1.807, 2.05) is 5.38 Å². The average molecular weight is 495 g/mol. The number of anilines is 1. The lowest BCUT2D eigenvalue weighted by molar-refractivity contribution is -0.0707. The quantitative estimate of drug-likeness (QED) is 0.632. The van der Waals surface area contributed by atoms with Crippen molar-refractivity contribution in [2.24, 2.45) is 0 Å². The zero-order valence-electron chi connectivity index (χ0n) is 19.1. The number of hydrogen-bond acceptors (Lipinski definition) is 8. The zero-order valence-corrected chi connectivity index (χ0v) is 20.7. The summed E-state index contributed by atoms with van der Waals surface area (Å²) in [5.74, 6) is -0.186. The second-order valence-electron chi connectivity index (χ2n) is 8.53. The van der Waals surface area contributed by atoms with Crippen LogP contribution in [0.3, 0.4) is 0 Å². The van der Waals surface area contributed by atoms with Gasteiger partial charge < -0.3 is 9.47 Å². The Labute approximate surface area is 198 Å². The monoisotopic (exact) mass is 494 g/mol. The Morgan fingerprint density at radius 1 is 1.24 bits per heavy atom. The number of benzene rings is 1. The first-order chi connectivity index (χ1) is 15.8. The smallest absolute Gasteiger partial charge is 0.257 e. The number of sulfonamides is 1. The summed E-state index contributed by atoms with van der Waals surface area (Å²) in [7, 11) is -2.31. The molecule has 0 aliphatic carbocycles. The molecule has 0 radical (unpaired) electrons. The molecule has 4 rings (SSSR count). The van der Waals surface area contributed by atoms with E-state index in [-0.39, 0.29) is 28.4 Å². The van der Waals surface area contributed by atoms with Crippen molar-refractivity contribution >= 4 is 32.4 Å². The van der Waals surface area contributed by atoms with Gasteiger partial charge in [-0.15, -0.1) is 11.3 Å². The lowest BCUT2D eigenvalue weighted by Gasteiger charge is -2.34. The second-order valence-corrected chi connectivity index (χ2v) is 11.3. The molecule has 2 aliphatic rings. The summed E-state index contributed by atoms with van der Waals surface area (Å²) in [6, 6.07) is 4.46. The molecule has 1 N–H and O–H groups in total. The van der Waals surface area contributed by atoms with Crippen molar-refractivity contribution in [3.8, 4) is 5.75 Å². The predicted molar refractivity (Wildman–Crippen MR) is 126 cm³/mol. The minimum Gasteiger partial charge on any atom is -0.495 e. The molecule has 0 spiro atoms. The number of hydrogen-bond donors (Lipinski definition) is 1. The molecule has 2 atom stereocenters. The van der Waals surface area contributed by atoms with Crippen LogP contribution in [0.25, 0.3) is 0 Å². The summed E-state index contributed by atoms with van der Waals surface area (Å²) in [5, 5.41) is 5.20. The Kier molecular flexibility index (Phi) is 7.34. The molecule has 2 aliphatic heterocycles. The van der Waals surface area contributed by atoms with E-state index in [4.69, 9.17) is 9.47 Å². The van der Waals surface area contributed by atoms with E-state index < -0.39 is 15.9 Å². The minimum absolute atomic E-state index is 0.00920. The predicted octanol–water partition coefficient (Wildman–Crippen LogP) is 2.80. The van der Waals surface area contributed by atoms with Gasteiger partial charge in [-0.2, -0.15) is 4.31 Å². The van der Waals surface area contributed by atoms with Crippen molar-refractivity contribution < 1.29 is 22.7 Å². The van der Waals surface area contributed by atoms with Crippen molar-refractivity contribution in [3.05, 3.63) is 34.8 Å². The average Bonchev–Trinajstić information content (AvgIpc) is 3.45. The molecule has 180 valence electrons. The molecule has 1 amide bonds. The number of amides is 1. The van der Waals surface area contributed by atoms with Crippen LogP contribution < -0.4 is 10.1 Å². The van der Waals surface area contributed by atoms with Crippen molar-refractivity contribution in [2.75, 3.05) is 38.6 Å². The third-order valence-electron chi connectivity index (χ3n) is 5.76. The molecule has 1 aromatic carbocycles. The largest absolute Gasteiger partial charge is 0.495 e. The van der Waals surface area contributed by atoms with Crippen LogP contribution in [0.1, 0.15) is 42.7 Å². The van der Waals surface area contributed by atoms with E-state index in [1.165, 1.54) is 34.9 Å². The maximum atomic E-state index is 13.1. The summed E-state index contributed by atoms with van der Waals surface area (Å²) in [6.07, 6.45) is 2.01. The Morgan fingerprint density at radius 2 is 1.94 bits per heavy atom. The maximum absolute atomic E-state index is 13.1. The van der Waals surface area contributed by atoms with E-state index in [2.05, 4.69) is 29.0 Å². The first-order valence-electron chi connectivity index (χ1n) is 11.1. The van der Waals surface area contributed by atoms with E-state index >= 15 is 0 Å². The summed E-state index contributed by atoms with van der Waals surface area (Å²) >= 11 is 1.35. The number of morpholine rings is 1. The third kappa shape index (κ3) is 5.55. The van der Waals surface area contributed by atoms with Gasteiger partial charge in [0.2, 0.25) is 10.0 Å². The summed E-state index contributed by atoms with van der Waals surface area (Å²) < 4.78 is 38.6. The fourth-order valence-corrected chi connectivity index (χ4v) is 6.73. The molecule has 2 unspecified atom stereocenters. The van der Waals surface area contributed by atoms with Crippen LogP contribution in [0.4, 0.5) is 5.13 Å². The van der Waals surface area contributed by atoms with Crippen molar-refractivity contribution in [3.63, 3.8) is 0 Å². The number of carbonyl (C=O) groups is 1. The molecule has 2 saturated heterocycles. The number of rotatable bonds is 7. The number of nitrogens with zero attached hydrogens (tertiary/aromatic N) is 3. The SMILES string of the molecule is COc1ccc(C(=O)Nc2nc(CN3CC(C)OC(C)C3)cs2)cc1S(=O)(=O)N1CCCC1. The third-order valence-corrected chi connectivity index (χ3v) is 8.49. The Morgan fingerprint density at radius 3 is 2.61 bits per heavy atom. The van der Waals surface area contributed by atoms with Gasteiger partial charge in [-0.1, -0.05) is 0 Å². The number of ether oxygens (including phenoxy) is 2. The van der Waals surface area contributed by atoms with Gasteiger partial charge in [0.25, 0.3) is 5.91 Å². The van der Waals surface area contributed by atoms with E-state index in [9.17, 15) is 13.2 Å².